The van der Waals surface area contributed by atoms with Gasteiger partial charge in [0, 0.05) is 35.8 Å². The van der Waals surface area contributed by atoms with Crippen LogP contribution in [0.1, 0.15) is 19.8 Å². The third-order valence-electron chi connectivity index (χ3n) is 6.62. The second kappa shape index (κ2) is 8.24. The molecule has 0 aliphatic carbocycles. The van der Waals surface area contributed by atoms with Crippen LogP contribution >= 0.6 is 0 Å². The highest BCUT2D eigenvalue weighted by molar-refractivity contribution is 5.84. The Balaban J connectivity index is 1.33. The molecular weight excluding hydrogens is 444 g/mol. The molecule has 0 radical (unpaired) electrons. The molecule has 6 rings (SSSR count). The van der Waals surface area contributed by atoms with Crippen LogP contribution in [0.2, 0.25) is 0 Å². The van der Waals surface area contributed by atoms with Gasteiger partial charge in [0.05, 0.1) is 42.0 Å². The van der Waals surface area contributed by atoms with E-state index in [0.29, 0.717) is 11.5 Å². The number of aromatic nitrogens is 6. The standard InChI is InChI=1S/C25H26N8O2/c1-25(34)7-9-32(10-8-25)21-6-5-18(12-22(21)35-2)29-23-24-26-15-28-33(24)14-20(30-23)16-3-4-17-13-27-31-19(17)11-16/h3-6,11-15,34H,7-10H2,1-2H3,(H,27,31)(H,29,30). The van der Waals surface area contributed by atoms with E-state index >= 15 is 0 Å². The molecule has 35 heavy (non-hydrogen) atoms. The number of nitrogens with zero attached hydrogens (tertiary/aromatic N) is 6. The van der Waals surface area contributed by atoms with E-state index in [-0.39, 0.29) is 0 Å². The Kier molecular flexibility index (Phi) is 5.03. The molecule has 1 fully saturated rings. The Bertz CT molecular complexity index is 1510. The Labute approximate surface area is 201 Å². The topological polar surface area (TPSA) is 116 Å². The lowest BCUT2D eigenvalue weighted by molar-refractivity contribution is 0.0350. The van der Waals surface area contributed by atoms with Crippen molar-refractivity contribution in [3.63, 3.8) is 0 Å². The first-order valence-electron chi connectivity index (χ1n) is 11.6. The number of hydrogen-bond donors (Lipinski definition) is 3. The van der Waals surface area contributed by atoms with Gasteiger partial charge >= 0.3 is 0 Å². The molecule has 3 N–H and O–H groups in total. The van der Waals surface area contributed by atoms with Gasteiger partial charge in [0.25, 0.3) is 0 Å². The summed E-state index contributed by atoms with van der Waals surface area (Å²) in [6, 6.07) is 12.0. The first-order valence-corrected chi connectivity index (χ1v) is 11.6. The molecule has 0 atom stereocenters. The van der Waals surface area contributed by atoms with Crippen molar-refractivity contribution < 1.29 is 9.84 Å². The van der Waals surface area contributed by atoms with Gasteiger partial charge in [-0.3, -0.25) is 5.10 Å². The van der Waals surface area contributed by atoms with Crippen LogP contribution in [0, 0.1) is 0 Å². The van der Waals surface area contributed by atoms with Gasteiger partial charge in [0.1, 0.15) is 12.1 Å². The number of ether oxygens (including phenoxy) is 1. The van der Waals surface area contributed by atoms with Crippen molar-refractivity contribution in [2.75, 3.05) is 30.4 Å². The van der Waals surface area contributed by atoms with Crippen molar-refractivity contribution in [2.45, 2.75) is 25.4 Å². The second-order valence-corrected chi connectivity index (χ2v) is 9.17. The molecule has 2 aromatic carbocycles. The molecule has 0 saturated carbocycles. The number of benzene rings is 2. The Morgan fingerprint density at radius 3 is 2.83 bits per heavy atom. The number of nitrogens with one attached hydrogen (secondary N) is 2. The van der Waals surface area contributed by atoms with Crippen molar-refractivity contribution >= 4 is 33.7 Å². The van der Waals surface area contributed by atoms with Gasteiger partial charge in [0.15, 0.2) is 11.5 Å². The lowest BCUT2D eigenvalue weighted by Gasteiger charge is -2.37. The van der Waals surface area contributed by atoms with Crippen molar-refractivity contribution in [1.29, 1.82) is 0 Å². The van der Waals surface area contributed by atoms with Crippen LogP contribution in [0.5, 0.6) is 5.75 Å². The van der Waals surface area contributed by atoms with Crippen LogP contribution in [0.15, 0.2) is 55.1 Å². The summed E-state index contributed by atoms with van der Waals surface area (Å²) in [5, 5.41) is 26.2. The number of hydrogen-bond acceptors (Lipinski definition) is 8. The number of fused-ring (bicyclic) bond motifs is 2. The van der Waals surface area contributed by atoms with Gasteiger partial charge in [-0.2, -0.15) is 10.2 Å². The van der Waals surface area contributed by atoms with E-state index in [0.717, 1.165) is 65.2 Å². The van der Waals surface area contributed by atoms with E-state index in [2.05, 4.69) is 30.5 Å². The minimum Gasteiger partial charge on any atom is -0.495 e. The summed E-state index contributed by atoms with van der Waals surface area (Å²) in [4.78, 5) is 11.5. The average Bonchev–Trinajstić information content (AvgIpc) is 3.53. The maximum atomic E-state index is 10.3. The molecule has 10 heteroatoms. The summed E-state index contributed by atoms with van der Waals surface area (Å²) in [5.41, 5.74) is 4.49. The van der Waals surface area contributed by atoms with Crippen LogP contribution in [0.4, 0.5) is 17.2 Å². The smallest absolute Gasteiger partial charge is 0.198 e. The Hall–Kier alpha value is -4.18. The van der Waals surface area contributed by atoms with Crippen molar-refractivity contribution in [3.8, 4) is 17.0 Å². The van der Waals surface area contributed by atoms with Gasteiger partial charge in [-0.15, -0.1) is 0 Å². The summed E-state index contributed by atoms with van der Waals surface area (Å²) in [6.45, 7) is 3.45. The highest BCUT2D eigenvalue weighted by atomic mass is 16.5. The maximum Gasteiger partial charge on any atom is 0.198 e. The first kappa shape index (κ1) is 21.4. The maximum absolute atomic E-state index is 10.3. The fourth-order valence-electron chi connectivity index (χ4n) is 4.53. The van der Waals surface area contributed by atoms with E-state index < -0.39 is 5.60 Å². The minimum atomic E-state index is -0.604. The normalized spacial score (nSPS) is 15.6. The first-order chi connectivity index (χ1) is 17.0. The summed E-state index contributed by atoms with van der Waals surface area (Å²) >= 11 is 0. The third kappa shape index (κ3) is 4.01. The molecule has 178 valence electrons. The van der Waals surface area contributed by atoms with Gasteiger partial charge in [0.2, 0.25) is 0 Å². The molecule has 3 aromatic heterocycles. The number of rotatable bonds is 5. The zero-order chi connectivity index (χ0) is 24.0. The zero-order valence-electron chi connectivity index (χ0n) is 19.6. The molecule has 0 bridgehead atoms. The molecule has 0 spiro atoms. The quantitative estimate of drug-likeness (QED) is 0.355. The van der Waals surface area contributed by atoms with E-state index in [1.165, 1.54) is 6.33 Å². The molecule has 5 aromatic rings. The number of anilines is 3. The lowest BCUT2D eigenvalue weighted by atomic mass is 9.93. The van der Waals surface area contributed by atoms with E-state index in [1.54, 1.807) is 17.8 Å². The number of piperidine rings is 1. The number of aliphatic hydroxyl groups is 1. The predicted molar refractivity (Wildman–Crippen MR) is 134 cm³/mol. The van der Waals surface area contributed by atoms with Crippen LogP contribution in [0.3, 0.4) is 0 Å². The zero-order valence-corrected chi connectivity index (χ0v) is 19.6. The van der Waals surface area contributed by atoms with E-state index in [4.69, 9.17) is 9.72 Å². The molecule has 10 nitrogen and oxygen atoms in total. The van der Waals surface area contributed by atoms with Crippen LogP contribution in [-0.4, -0.2) is 60.7 Å². The second-order valence-electron chi connectivity index (χ2n) is 9.17. The third-order valence-corrected chi connectivity index (χ3v) is 6.62. The summed E-state index contributed by atoms with van der Waals surface area (Å²) in [7, 11) is 1.67. The van der Waals surface area contributed by atoms with Gasteiger partial charge < -0.3 is 20.1 Å². The van der Waals surface area contributed by atoms with E-state index in [1.807, 2.05) is 49.5 Å². The van der Waals surface area contributed by atoms with Crippen LogP contribution in [0.25, 0.3) is 27.8 Å². The summed E-state index contributed by atoms with van der Waals surface area (Å²) in [6.07, 6.45) is 6.62. The highest BCUT2D eigenvalue weighted by Crippen LogP contribution is 2.36. The fourth-order valence-corrected chi connectivity index (χ4v) is 4.53. The molecule has 1 aliphatic rings. The van der Waals surface area contributed by atoms with Gasteiger partial charge in [-0.05, 0) is 38.0 Å². The fraction of sp³-hybridized carbons (Fsp3) is 0.280. The SMILES string of the molecule is COc1cc(Nc2nc(-c3ccc4cn[nH]c4c3)cn3ncnc23)ccc1N1CCC(C)(O)CC1. The van der Waals surface area contributed by atoms with Crippen molar-refractivity contribution in [3.05, 3.63) is 55.1 Å². The molecular formula is C25H26N8O2. The van der Waals surface area contributed by atoms with Crippen molar-refractivity contribution in [1.82, 2.24) is 29.8 Å². The lowest BCUT2D eigenvalue weighted by Crippen LogP contribution is -2.42. The average molecular weight is 471 g/mol. The predicted octanol–water partition coefficient (Wildman–Crippen LogP) is 3.77. The summed E-state index contributed by atoms with van der Waals surface area (Å²) < 4.78 is 7.44. The van der Waals surface area contributed by atoms with Crippen molar-refractivity contribution in [2.24, 2.45) is 0 Å². The molecule has 0 unspecified atom stereocenters. The minimum absolute atomic E-state index is 0.591. The van der Waals surface area contributed by atoms with E-state index in [9.17, 15) is 5.11 Å². The monoisotopic (exact) mass is 470 g/mol. The Morgan fingerprint density at radius 2 is 2.00 bits per heavy atom. The van der Waals surface area contributed by atoms with Crippen LogP contribution < -0.4 is 15.0 Å². The highest BCUT2D eigenvalue weighted by Gasteiger charge is 2.28. The number of methoxy groups -OCH3 is 1. The molecule has 4 heterocycles. The molecule has 1 aliphatic heterocycles. The Morgan fingerprint density at radius 1 is 1.14 bits per heavy atom. The number of H-pyrrole nitrogens is 1. The number of aromatic amines is 1. The van der Waals surface area contributed by atoms with Gasteiger partial charge in [-0.1, -0.05) is 12.1 Å². The summed E-state index contributed by atoms with van der Waals surface area (Å²) in [5.74, 6) is 1.35. The molecule has 0 amide bonds. The van der Waals surface area contributed by atoms with Gasteiger partial charge in [-0.25, -0.2) is 14.5 Å². The molecule has 1 saturated heterocycles. The largest absolute Gasteiger partial charge is 0.495 e. The van der Waals surface area contributed by atoms with Crippen LogP contribution in [-0.2, 0) is 0 Å².